The molecular formula is C24H26N2O2S3. The van der Waals surface area contributed by atoms with Crippen molar-refractivity contribution in [3.05, 3.63) is 90.0 Å². The number of benzene rings is 3. The number of hydrogen-bond acceptors (Lipinski definition) is 4. The molecule has 0 spiro atoms. The van der Waals surface area contributed by atoms with E-state index in [-0.39, 0.29) is 6.04 Å². The lowest BCUT2D eigenvalue weighted by atomic mass is 10.1. The summed E-state index contributed by atoms with van der Waals surface area (Å²) in [5, 5.41) is 7.08. The summed E-state index contributed by atoms with van der Waals surface area (Å²) in [6.07, 6.45) is 2.03. The van der Waals surface area contributed by atoms with Gasteiger partial charge in [0.2, 0.25) is 0 Å². The first-order valence-corrected chi connectivity index (χ1v) is 13.3. The van der Waals surface area contributed by atoms with Crippen molar-refractivity contribution in [1.82, 2.24) is 5.32 Å². The Balaban J connectivity index is 1.55. The maximum atomic E-state index is 11.7. The molecule has 3 aromatic rings. The SMILES string of the molecule is CC[C@H](NC(=S)Nc1ccc(CSc2ccccc2)cc1)c1ccc(S(C)(=O)=O)cc1. The molecule has 0 unspecified atom stereocenters. The minimum absolute atomic E-state index is 0.00449. The molecule has 0 aliphatic rings. The average molecular weight is 471 g/mol. The van der Waals surface area contributed by atoms with Gasteiger partial charge >= 0.3 is 0 Å². The van der Waals surface area contributed by atoms with Crippen LogP contribution in [-0.2, 0) is 15.6 Å². The summed E-state index contributed by atoms with van der Waals surface area (Å²) in [5.41, 5.74) is 3.16. The van der Waals surface area contributed by atoms with Crippen molar-refractivity contribution >= 4 is 44.6 Å². The second kappa shape index (κ2) is 10.8. The summed E-state index contributed by atoms with van der Waals surface area (Å²) >= 11 is 7.30. The van der Waals surface area contributed by atoms with Crippen molar-refractivity contribution in [2.24, 2.45) is 0 Å². The van der Waals surface area contributed by atoms with Gasteiger partial charge in [0.1, 0.15) is 0 Å². The predicted molar refractivity (Wildman–Crippen MR) is 134 cm³/mol. The highest BCUT2D eigenvalue weighted by molar-refractivity contribution is 7.98. The van der Waals surface area contributed by atoms with Crippen LogP contribution in [0.2, 0.25) is 0 Å². The highest BCUT2D eigenvalue weighted by atomic mass is 32.2. The lowest BCUT2D eigenvalue weighted by molar-refractivity contribution is 0.601. The van der Waals surface area contributed by atoms with Crippen LogP contribution in [0.1, 0.15) is 30.5 Å². The fourth-order valence-corrected chi connectivity index (χ4v) is 4.83. The van der Waals surface area contributed by atoms with Crippen LogP contribution in [0.4, 0.5) is 5.69 Å². The van der Waals surface area contributed by atoms with Gasteiger partial charge in [-0.05, 0) is 66.2 Å². The molecule has 0 saturated carbocycles. The third-order valence-corrected chi connectivity index (χ3v) is 7.22. The number of thiocarbonyl (C=S) groups is 1. The molecule has 0 fully saturated rings. The van der Waals surface area contributed by atoms with Gasteiger partial charge in [0, 0.05) is 22.6 Å². The molecule has 0 bridgehead atoms. The molecule has 0 heterocycles. The number of thioether (sulfide) groups is 1. The van der Waals surface area contributed by atoms with E-state index >= 15 is 0 Å². The van der Waals surface area contributed by atoms with E-state index in [0.717, 1.165) is 23.4 Å². The van der Waals surface area contributed by atoms with E-state index in [4.69, 9.17) is 12.2 Å². The number of hydrogen-bond donors (Lipinski definition) is 2. The molecular weight excluding hydrogens is 444 g/mol. The van der Waals surface area contributed by atoms with Gasteiger partial charge < -0.3 is 10.6 Å². The van der Waals surface area contributed by atoms with Crippen molar-refractivity contribution in [2.45, 2.75) is 34.9 Å². The fraction of sp³-hybridized carbons (Fsp3) is 0.208. The van der Waals surface area contributed by atoms with Crippen LogP contribution in [0.3, 0.4) is 0 Å². The van der Waals surface area contributed by atoms with Crippen LogP contribution < -0.4 is 10.6 Å². The average Bonchev–Trinajstić information content (AvgIpc) is 2.77. The molecule has 31 heavy (non-hydrogen) atoms. The van der Waals surface area contributed by atoms with E-state index in [0.29, 0.717) is 10.0 Å². The Labute approximate surface area is 194 Å². The minimum atomic E-state index is -3.20. The van der Waals surface area contributed by atoms with Gasteiger partial charge in [-0.2, -0.15) is 0 Å². The van der Waals surface area contributed by atoms with Gasteiger partial charge in [-0.1, -0.05) is 49.4 Å². The zero-order chi connectivity index (χ0) is 22.3. The van der Waals surface area contributed by atoms with Gasteiger partial charge in [0.05, 0.1) is 10.9 Å². The molecule has 0 radical (unpaired) electrons. The largest absolute Gasteiger partial charge is 0.356 e. The molecule has 4 nitrogen and oxygen atoms in total. The fourth-order valence-electron chi connectivity index (χ4n) is 3.06. The summed E-state index contributed by atoms with van der Waals surface area (Å²) in [5.74, 6) is 0.911. The molecule has 2 N–H and O–H groups in total. The van der Waals surface area contributed by atoms with Crippen LogP contribution in [-0.4, -0.2) is 19.8 Å². The number of sulfone groups is 1. The summed E-state index contributed by atoms with van der Waals surface area (Å²) in [4.78, 5) is 1.57. The van der Waals surface area contributed by atoms with Gasteiger partial charge in [-0.25, -0.2) is 8.42 Å². The topological polar surface area (TPSA) is 58.2 Å². The Morgan fingerprint density at radius 3 is 2.19 bits per heavy atom. The monoisotopic (exact) mass is 470 g/mol. The molecule has 0 saturated heterocycles. The van der Waals surface area contributed by atoms with Crippen LogP contribution in [0.5, 0.6) is 0 Å². The van der Waals surface area contributed by atoms with E-state index in [9.17, 15) is 8.42 Å². The molecule has 162 valence electrons. The molecule has 7 heteroatoms. The maximum Gasteiger partial charge on any atom is 0.175 e. The summed E-state index contributed by atoms with van der Waals surface area (Å²) in [6.45, 7) is 2.06. The highest BCUT2D eigenvalue weighted by Crippen LogP contribution is 2.23. The number of nitrogens with one attached hydrogen (secondary N) is 2. The lowest BCUT2D eigenvalue weighted by Gasteiger charge is -2.20. The normalized spacial score (nSPS) is 12.2. The van der Waals surface area contributed by atoms with E-state index in [1.165, 1.54) is 16.7 Å². The van der Waals surface area contributed by atoms with Gasteiger partial charge in [0.25, 0.3) is 0 Å². The Bertz CT molecular complexity index is 1100. The van der Waals surface area contributed by atoms with Crippen molar-refractivity contribution in [1.29, 1.82) is 0 Å². The molecule has 0 aromatic heterocycles. The maximum absolute atomic E-state index is 11.7. The third kappa shape index (κ3) is 7.09. The van der Waals surface area contributed by atoms with Crippen molar-refractivity contribution in [2.75, 3.05) is 11.6 Å². The Morgan fingerprint density at radius 2 is 1.61 bits per heavy atom. The van der Waals surface area contributed by atoms with E-state index in [2.05, 4.69) is 41.8 Å². The zero-order valence-electron chi connectivity index (χ0n) is 17.5. The number of anilines is 1. The van der Waals surface area contributed by atoms with E-state index in [1.807, 2.05) is 54.2 Å². The Hall–Kier alpha value is -2.35. The first-order valence-electron chi connectivity index (χ1n) is 9.99. The molecule has 0 aliphatic heterocycles. The smallest absolute Gasteiger partial charge is 0.175 e. The first-order chi connectivity index (χ1) is 14.8. The molecule has 0 amide bonds. The lowest BCUT2D eigenvalue weighted by Crippen LogP contribution is -2.32. The minimum Gasteiger partial charge on any atom is -0.356 e. The third-order valence-electron chi connectivity index (χ3n) is 4.78. The summed E-state index contributed by atoms with van der Waals surface area (Å²) in [7, 11) is -3.20. The summed E-state index contributed by atoms with van der Waals surface area (Å²) < 4.78 is 23.3. The van der Waals surface area contributed by atoms with Crippen molar-refractivity contribution in [3.63, 3.8) is 0 Å². The second-order valence-corrected chi connectivity index (χ2v) is 10.7. The quantitative estimate of drug-likeness (QED) is 0.320. The van der Waals surface area contributed by atoms with Crippen molar-refractivity contribution in [3.8, 4) is 0 Å². The van der Waals surface area contributed by atoms with E-state index < -0.39 is 9.84 Å². The molecule has 3 rings (SSSR count). The van der Waals surface area contributed by atoms with Crippen LogP contribution in [0.25, 0.3) is 0 Å². The zero-order valence-corrected chi connectivity index (χ0v) is 20.0. The van der Waals surface area contributed by atoms with E-state index in [1.54, 1.807) is 12.1 Å². The van der Waals surface area contributed by atoms with Gasteiger partial charge in [-0.3, -0.25) is 0 Å². The van der Waals surface area contributed by atoms with Crippen LogP contribution >= 0.6 is 24.0 Å². The standard InChI is InChI=1S/C24H26N2O2S3/c1-3-23(19-11-15-22(16-12-19)31(2,27)28)26-24(29)25-20-13-9-18(10-14-20)17-30-21-7-5-4-6-8-21/h4-16,23H,3,17H2,1-2H3,(H2,25,26,29)/t23-/m0/s1. The highest BCUT2D eigenvalue weighted by Gasteiger charge is 2.13. The van der Waals surface area contributed by atoms with Gasteiger partial charge in [-0.15, -0.1) is 11.8 Å². The van der Waals surface area contributed by atoms with Gasteiger partial charge in [0.15, 0.2) is 14.9 Å². The summed E-state index contributed by atoms with van der Waals surface area (Å²) in [6, 6.07) is 25.5. The molecule has 1 atom stereocenters. The number of rotatable bonds is 8. The molecule has 3 aromatic carbocycles. The predicted octanol–water partition coefficient (Wildman–Crippen LogP) is 5.82. The van der Waals surface area contributed by atoms with Crippen LogP contribution in [0, 0.1) is 0 Å². The Morgan fingerprint density at radius 1 is 0.968 bits per heavy atom. The van der Waals surface area contributed by atoms with Crippen molar-refractivity contribution < 1.29 is 8.42 Å². The molecule has 0 aliphatic carbocycles. The Kier molecular flexibility index (Phi) is 8.12. The van der Waals surface area contributed by atoms with Crippen LogP contribution in [0.15, 0.2) is 88.7 Å². The second-order valence-electron chi connectivity index (χ2n) is 7.20. The first kappa shape index (κ1) is 23.3.